The number of alkyl halides is 1. The summed E-state index contributed by atoms with van der Waals surface area (Å²) in [4.78, 5) is 10.2. The summed E-state index contributed by atoms with van der Waals surface area (Å²) in [6.45, 7) is 1.69. The second kappa shape index (κ2) is 5.11. The minimum atomic E-state index is -0.735. The predicted octanol–water partition coefficient (Wildman–Crippen LogP) is 1.59. The maximum atomic E-state index is 10.2. The first-order valence-electron chi connectivity index (χ1n) is 2.59. The molecule has 0 spiro atoms. The molecule has 0 rings (SSSR count). The summed E-state index contributed by atoms with van der Waals surface area (Å²) in [5.74, 6) is 0.119. The molecule has 1 atom stereocenters. The van der Waals surface area contributed by atoms with Gasteiger partial charge in [0.1, 0.15) is 0 Å². The van der Waals surface area contributed by atoms with Crippen molar-refractivity contribution in [3.8, 4) is 0 Å². The van der Waals surface area contributed by atoms with Crippen molar-refractivity contribution in [1.29, 1.82) is 0 Å². The van der Waals surface area contributed by atoms with Crippen LogP contribution in [0.5, 0.6) is 0 Å². The summed E-state index contributed by atoms with van der Waals surface area (Å²) in [5, 5.41) is 8.95. The van der Waals surface area contributed by atoms with E-state index in [1.54, 1.807) is 6.92 Å². The normalized spacial score (nSPS) is 13.1. The summed E-state index contributed by atoms with van der Waals surface area (Å²) in [7, 11) is 0. The van der Waals surface area contributed by atoms with Gasteiger partial charge in [0.25, 0.3) is 0 Å². The van der Waals surface area contributed by atoms with Crippen LogP contribution in [0.2, 0.25) is 0 Å². The molecular weight excluding hydrogens is 204 g/mol. The third kappa shape index (κ3) is 4.78. The van der Waals surface area contributed by atoms with E-state index >= 15 is 0 Å². The molecule has 0 aromatic heterocycles. The van der Waals surface area contributed by atoms with Gasteiger partial charge in [0.2, 0.25) is 0 Å². The summed E-state index contributed by atoms with van der Waals surface area (Å²) >= 11 is 4.65. The van der Waals surface area contributed by atoms with Crippen molar-refractivity contribution in [1.82, 2.24) is 0 Å². The lowest BCUT2D eigenvalue weighted by molar-refractivity contribution is -0.136. The Balaban J connectivity index is 3.27. The van der Waals surface area contributed by atoms with Crippen molar-refractivity contribution >= 4 is 33.7 Å². The lowest BCUT2D eigenvalue weighted by Gasteiger charge is -2.01. The van der Waals surface area contributed by atoms with Gasteiger partial charge in [0, 0.05) is 11.1 Å². The van der Waals surface area contributed by atoms with Crippen LogP contribution in [0.25, 0.3) is 0 Å². The number of halogens is 1. The molecule has 0 radical (unpaired) electrons. The topological polar surface area (TPSA) is 37.3 Å². The fourth-order valence-electron chi connectivity index (χ4n) is 0.293. The maximum absolute atomic E-state index is 10.2. The van der Waals surface area contributed by atoms with Crippen molar-refractivity contribution in [2.45, 2.75) is 12.2 Å². The molecule has 0 aliphatic heterocycles. The van der Waals surface area contributed by atoms with E-state index in [1.165, 1.54) is 11.8 Å². The Hall–Kier alpha value is 0.300. The van der Waals surface area contributed by atoms with Crippen LogP contribution in [-0.2, 0) is 4.79 Å². The highest BCUT2D eigenvalue weighted by atomic mass is 79.9. The number of hydrogen-bond acceptors (Lipinski definition) is 2. The van der Waals surface area contributed by atoms with Gasteiger partial charge < -0.3 is 5.11 Å². The van der Waals surface area contributed by atoms with E-state index in [9.17, 15) is 4.79 Å². The Morgan fingerprint density at radius 1 is 1.89 bits per heavy atom. The highest BCUT2D eigenvalue weighted by Crippen LogP contribution is 2.10. The molecule has 0 heterocycles. The van der Waals surface area contributed by atoms with Crippen LogP contribution in [0.1, 0.15) is 6.92 Å². The second-order valence-electron chi connectivity index (χ2n) is 1.54. The van der Waals surface area contributed by atoms with Gasteiger partial charge in [0.05, 0.1) is 5.25 Å². The second-order valence-corrected chi connectivity index (χ2v) is 3.78. The van der Waals surface area contributed by atoms with Crippen molar-refractivity contribution in [3.05, 3.63) is 0 Å². The molecule has 0 saturated heterocycles. The summed E-state index contributed by atoms with van der Waals surface area (Å²) in [6, 6.07) is 0. The quantitative estimate of drug-likeness (QED) is 0.720. The van der Waals surface area contributed by atoms with Crippen LogP contribution in [0, 0.1) is 0 Å². The summed E-state index contributed by atoms with van der Waals surface area (Å²) < 4.78 is 0. The third-order valence-corrected chi connectivity index (χ3v) is 2.86. The fraction of sp³-hybridized carbons (Fsp3) is 0.800. The van der Waals surface area contributed by atoms with E-state index in [1.807, 2.05) is 0 Å². The highest BCUT2D eigenvalue weighted by Gasteiger charge is 2.08. The van der Waals surface area contributed by atoms with Gasteiger partial charge in [-0.3, -0.25) is 4.79 Å². The SMILES string of the molecule is CC(SCCBr)C(=O)O. The molecule has 1 unspecified atom stereocenters. The molecule has 0 fully saturated rings. The van der Waals surface area contributed by atoms with E-state index < -0.39 is 5.97 Å². The van der Waals surface area contributed by atoms with Crippen molar-refractivity contribution < 1.29 is 9.90 Å². The molecule has 1 N–H and O–H groups in total. The number of carboxylic acid groups (broad SMARTS) is 1. The minimum absolute atomic E-state index is 0.275. The van der Waals surface area contributed by atoms with Gasteiger partial charge in [-0.2, -0.15) is 0 Å². The van der Waals surface area contributed by atoms with Gasteiger partial charge in [-0.15, -0.1) is 11.8 Å². The van der Waals surface area contributed by atoms with E-state index in [0.29, 0.717) is 0 Å². The summed E-state index contributed by atoms with van der Waals surface area (Å²) in [6.07, 6.45) is 0. The zero-order valence-electron chi connectivity index (χ0n) is 5.13. The zero-order valence-corrected chi connectivity index (χ0v) is 7.54. The predicted molar refractivity (Wildman–Crippen MR) is 43.3 cm³/mol. The molecule has 0 bridgehead atoms. The number of thioether (sulfide) groups is 1. The third-order valence-electron chi connectivity index (χ3n) is 0.793. The summed E-state index contributed by atoms with van der Waals surface area (Å²) in [5.41, 5.74) is 0. The molecule has 2 nitrogen and oxygen atoms in total. The average molecular weight is 213 g/mol. The fourth-order valence-corrected chi connectivity index (χ4v) is 1.44. The van der Waals surface area contributed by atoms with E-state index in [4.69, 9.17) is 5.11 Å². The lowest BCUT2D eigenvalue weighted by atomic mass is 10.5. The Bertz CT molecular complexity index is 97.0. The van der Waals surface area contributed by atoms with Crippen LogP contribution in [0.3, 0.4) is 0 Å². The number of aliphatic carboxylic acids is 1. The molecule has 9 heavy (non-hydrogen) atoms. The van der Waals surface area contributed by atoms with E-state index in [-0.39, 0.29) is 5.25 Å². The van der Waals surface area contributed by atoms with Crippen molar-refractivity contribution in [2.24, 2.45) is 0 Å². The number of hydrogen-bond donors (Lipinski definition) is 1. The van der Waals surface area contributed by atoms with Crippen LogP contribution in [-0.4, -0.2) is 27.4 Å². The van der Waals surface area contributed by atoms with Gasteiger partial charge in [0.15, 0.2) is 0 Å². The molecule has 0 saturated carbocycles. The number of carbonyl (C=O) groups is 1. The molecule has 0 aliphatic carbocycles. The largest absolute Gasteiger partial charge is 0.480 e. The monoisotopic (exact) mass is 212 g/mol. The number of carboxylic acids is 1. The first-order valence-corrected chi connectivity index (χ1v) is 4.76. The number of rotatable bonds is 4. The smallest absolute Gasteiger partial charge is 0.316 e. The van der Waals surface area contributed by atoms with Gasteiger partial charge in [-0.1, -0.05) is 15.9 Å². The average Bonchev–Trinajstić information content (AvgIpc) is 1.82. The van der Waals surface area contributed by atoms with Crippen LogP contribution in [0.15, 0.2) is 0 Å². The zero-order chi connectivity index (χ0) is 7.28. The Labute approximate surface area is 67.1 Å². The van der Waals surface area contributed by atoms with Crippen LogP contribution in [0.4, 0.5) is 0 Å². The van der Waals surface area contributed by atoms with E-state index in [2.05, 4.69) is 15.9 Å². The highest BCUT2D eigenvalue weighted by molar-refractivity contribution is 9.09. The molecule has 54 valence electrons. The maximum Gasteiger partial charge on any atom is 0.316 e. The minimum Gasteiger partial charge on any atom is -0.480 e. The van der Waals surface area contributed by atoms with E-state index in [0.717, 1.165) is 11.1 Å². The Morgan fingerprint density at radius 2 is 2.44 bits per heavy atom. The van der Waals surface area contributed by atoms with Crippen molar-refractivity contribution in [2.75, 3.05) is 11.1 Å². The molecule has 0 amide bonds. The van der Waals surface area contributed by atoms with Crippen LogP contribution >= 0.6 is 27.7 Å². The lowest BCUT2D eigenvalue weighted by Crippen LogP contribution is -2.12. The molecule has 4 heteroatoms. The standard InChI is InChI=1S/C5H9BrO2S/c1-4(5(7)8)9-3-2-6/h4H,2-3H2,1H3,(H,7,8). The Kier molecular flexibility index (Phi) is 5.28. The first-order chi connectivity index (χ1) is 4.18. The van der Waals surface area contributed by atoms with Gasteiger partial charge in [-0.25, -0.2) is 0 Å². The molecule has 0 aromatic rings. The molecule has 0 aliphatic rings. The molecule has 0 aromatic carbocycles. The van der Waals surface area contributed by atoms with Gasteiger partial charge >= 0.3 is 5.97 Å². The Morgan fingerprint density at radius 3 is 2.78 bits per heavy atom. The van der Waals surface area contributed by atoms with Crippen LogP contribution < -0.4 is 0 Å². The van der Waals surface area contributed by atoms with Crippen molar-refractivity contribution in [3.63, 3.8) is 0 Å². The van der Waals surface area contributed by atoms with Gasteiger partial charge in [-0.05, 0) is 6.92 Å². The molecular formula is C5H9BrO2S. The first kappa shape index (κ1) is 9.30.